The highest BCUT2D eigenvalue weighted by Gasteiger charge is 2.46. The lowest BCUT2D eigenvalue weighted by Gasteiger charge is -2.42. The van der Waals surface area contributed by atoms with Crippen LogP contribution in [0.1, 0.15) is 27.7 Å². The molecule has 1 aliphatic rings. The summed E-state index contributed by atoms with van der Waals surface area (Å²) < 4.78 is 16.3. The number of hydrogen-bond donors (Lipinski definition) is 3. The van der Waals surface area contributed by atoms with Gasteiger partial charge in [0.2, 0.25) is 0 Å². The first kappa shape index (κ1) is 15.8. The third kappa shape index (κ3) is 3.88. The van der Waals surface area contributed by atoms with Crippen molar-refractivity contribution in [2.24, 2.45) is 0 Å². The molecule has 0 unspecified atom stereocenters. The summed E-state index contributed by atoms with van der Waals surface area (Å²) in [5, 5.41) is 29.2. The first-order chi connectivity index (χ1) is 8.36. The quantitative estimate of drug-likeness (QED) is 0.629. The Balaban J connectivity index is 2.74. The van der Waals surface area contributed by atoms with Crippen LogP contribution in [0.2, 0.25) is 0 Å². The van der Waals surface area contributed by atoms with Gasteiger partial charge >= 0.3 is 0 Å². The molecule has 0 aromatic rings. The molecule has 18 heavy (non-hydrogen) atoms. The lowest BCUT2D eigenvalue weighted by molar-refractivity contribution is -0.317. The molecule has 1 heterocycles. The Morgan fingerprint density at radius 3 is 2.00 bits per heavy atom. The van der Waals surface area contributed by atoms with E-state index in [2.05, 4.69) is 0 Å². The lowest BCUT2D eigenvalue weighted by Crippen LogP contribution is -2.60. The van der Waals surface area contributed by atoms with Crippen LogP contribution in [0.3, 0.4) is 0 Å². The molecule has 5 atom stereocenters. The Bertz CT molecular complexity index is 243. The predicted molar refractivity (Wildman–Crippen MR) is 64.0 cm³/mol. The van der Waals surface area contributed by atoms with Gasteiger partial charge in [-0.1, -0.05) is 0 Å². The van der Waals surface area contributed by atoms with Crippen LogP contribution in [-0.2, 0) is 14.2 Å². The van der Waals surface area contributed by atoms with Crippen LogP contribution in [0.15, 0.2) is 0 Å². The molecule has 0 aromatic carbocycles. The molecule has 108 valence electrons. The molecular formula is C12H24O6. The number of aliphatic hydroxyl groups is 3. The highest BCUT2D eigenvalue weighted by molar-refractivity contribution is 4.90. The smallest absolute Gasteiger partial charge is 0.186 e. The zero-order chi connectivity index (χ0) is 13.9. The minimum absolute atomic E-state index is 0.142. The van der Waals surface area contributed by atoms with E-state index in [0.29, 0.717) is 0 Å². The lowest BCUT2D eigenvalue weighted by atomic mass is 9.98. The van der Waals surface area contributed by atoms with E-state index in [4.69, 9.17) is 14.2 Å². The second-order valence-electron chi connectivity index (χ2n) is 5.04. The number of rotatable bonds is 5. The van der Waals surface area contributed by atoms with Crippen molar-refractivity contribution in [3.8, 4) is 0 Å². The number of ether oxygens (including phenoxy) is 3. The van der Waals surface area contributed by atoms with Gasteiger partial charge in [-0.05, 0) is 27.7 Å². The van der Waals surface area contributed by atoms with Gasteiger partial charge in [0.1, 0.15) is 24.4 Å². The van der Waals surface area contributed by atoms with E-state index in [9.17, 15) is 15.3 Å². The summed E-state index contributed by atoms with van der Waals surface area (Å²) in [5.41, 5.74) is 0. The molecule has 1 aliphatic heterocycles. The molecule has 0 bridgehead atoms. The average Bonchev–Trinajstić information content (AvgIpc) is 2.27. The summed E-state index contributed by atoms with van der Waals surface area (Å²) in [6, 6.07) is 0. The minimum atomic E-state index is -1.20. The normalized spacial score (nSPS) is 37.5. The molecule has 1 fully saturated rings. The van der Waals surface area contributed by atoms with Gasteiger partial charge in [0.25, 0.3) is 0 Å². The topological polar surface area (TPSA) is 88.4 Å². The Kier molecular flexibility index (Phi) is 5.97. The fourth-order valence-electron chi connectivity index (χ4n) is 1.92. The maximum atomic E-state index is 10.0. The van der Waals surface area contributed by atoms with Gasteiger partial charge in [-0.15, -0.1) is 0 Å². The summed E-state index contributed by atoms with van der Waals surface area (Å²) in [7, 11) is 0. The molecule has 0 aliphatic carbocycles. The van der Waals surface area contributed by atoms with E-state index in [1.54, 1.807) is 13.8 Å². The van der Waals surface area contributed by atoms with E-state index in [-0.39, 0.29) is 18.8 Å². The van der Waals surface area contributed by atoms with Crippen molar-refractivity contribution in [3.05, 3.63) is 0 Å². The minimum Gasteiger partial charge on any atom is -0.394 e. The van der Waals surface area contributed by atoms with E-state index >= 15 is 0 Å². The van der Waals surface area contributed by atoms with E-state index in [1.165, 1.54) is 0 Å². The molecule has 1 rings (SSSR count). The van der Waals surface area contributed by atoms with Crippen LogP contribution in [-0.4, -0.2) is 64.8 Å². The van der Waals surface area contributed by atoms with Gasteiger partial charge in [-0.2, -0.15) is 0 Å². The van der Waals surface area contributed by atoms with E-state index in [0.717, 1.165) is 0 Å². The molecule has 0 saturated carbocycles. The largest absolute Gasteiger partial charge is 0.394 e. The van der Waals surface area contributed by atoms with Crippen LogP contribution in [0, 0.1) is 0 Å². The van der Waals surface area contributed by atoms with Gasteiger partial charge in [-0.3, -0.25) is 0 Å². The van der Waals surface area contributed by atoms with Gasteiger partial charge in [0, 0.05) is 0 Å². The monoisotopic (exact) mass is 264 g/mol. The van der Waals surface area contributed by atoms with Crippen molar-refractivity contribution in [1.29, 1.82) is 0 Å². The standard InChI is InChI=1S/C12H24O6/c1-6(2)16-11-8(5-13)18-12(17-7(3)4)10(15)9(11)14/h6-15H,5H2,1-4H3/t8-,9-,10-,11-,12-/m0/s1. The molecule has 6 heteroatoms. The fraction of sp³-hybridized carbons (Fsp3) is 1.00. The van der Waals surface area contributed by atoms with Crippen molar-refractivity contribution in [3.63, 3.8) is 0 Å². The summed E-state index contributed by atoms with van der Waals surface area (Å²) in [6.45, 7) is 6.91. The van der Waals surface area contributed by atoms with Gasteiger partial charge < -0.3 is 29.5 Å². The van der Waals surface area contributed by atoms with E-state index < -0.39 is 30.7 Å². The first-order valence-electron chi connectivity index (χ1n) is 6.30. The maximum Gasteiger partial charge on any atom is 0.186 e. The van der Waals surface area contributed by atoms with Gasteiger partial charge in [0.15, 0.2) is 6.29 Å². The SMILES string of the molecule is CC(C)O[C@H]1O[C@@H](CO)[C@H](OC(C)C)[C@@H](O)[C@@H]1O. The predicted octanol–water partition coefficient (Wildman–Crippen LogP) is -0.356. The highest BCUT2D eigenvalue weighted by atomic mass is 16.7. The summed E-state index contributed by atoms with van der Waals surface area (Å²) in [6.07, 6.45) is -5.08. The van der Waals surface area contributed by atoms with Gasteiger partial charge in [0.05, 0.1) is 18.8 Å². The number of hydrogen-bond acceptors (Lipinski definition) is 6. The van der Waals surface area contributed by atoms with Crippen molar-refractivity contribution in [1.82, 2.24) is 0 Å². The third-order valence-electron chi connectivity index (χ3n) is 2.66. The van der Waals surface area contributed by atoms with Crippen LogP contribution in [0.25, 0.3) is 0 Å². The Hall–Kier alpha value is -0.240. The Morgan fingerprint density at radius 1 is 1.00 bits per heavy atom. The second kappa shape index (κ2) is 6.79. The third-order valence-corrected chi connectivity index (χ3v) is 2.66. The molecule has 6 nitrogen and oxygen atoms in total. The summed E-state index contributed by atoms with van der Waals surface area (Å²) in [4.78, 5) is 0. The van der Waals surface area contributed by atoms with Gasteiger partial charge in [-0.25, -0.2) is 0 Å². The van der Waals surface area contributed by atoms with Crippen LogP contribution >= 0.6 is 0 Å². The summed E-state index contributed by atoms with van der Waals surface area (Å²) in [5.74, 6) is 0. The Morgan fingerprint density at radius 2 is 1.56 bits per heavy atom. The maximum absolute atomic E-state index is 10.0. The van der Waals surface area contributed by atoms with Crippen molar-refractivity contribution < 1.29 is 29.5 Å². The van der Waals surface area contributed by atoms with Crippen molar-refractivity contribution >= 4 is 0 Å². The molecular weight excluding hydrogens is 240 g/mol. The molecule has 3 N–H and O–H groups in total. The van der Waals surface area contributed by atoms with Crippen LogP contribution < -0.4 is 0 Å². The van der Waals surface area contributed by atoms with Crippen LogP contribution in [0.4, 0.5) is 0 Å². The number of aliphatic hydroxyl groups excluding tert-OH is 3. The van der Waals surface area contributed by atoms with Crippen molar-refractivity contribution in [2.75, 3.05) is 6.61 Å². The summed E-state index contributed by atoms with van der Waals surface area (Å²) >= 11 is 0. The molecule has 0 aromatic heterocycles. The average molecular weight is 264 g/mol. The first-order valence-corrected chi connectivity index (χ1v) is 6.30. The molecule has 0 spiro atoms. The van der Waals surface area contributed by atoms with E-state index in [1.807, 2.05) is 13.8 Å². The molecule has 0 radical (unpaired) electrons. The fourth-order valence-corrected chi connectivity index (χ4v) is 1.92. The zero-order valence-corrected chi connectivity index (χ0v) is 11.3. The highest BCUT2D eigenvalue weighted by Crippen LogP contribution is 2.25. The zero-order valence-electron chi connectivity index (χ0n) is 11.3. The second-order valence-corrected chi connectivity index (χ2v) is 5.04. The molecule has 1 saturated heterocycles. The van der Waals surface area contributed by atoms with Crippen molar-refractivity contribution in [2.45, 2.75) is 70.6 Å². The Labute approximate surface area is 107 Å². The molecule has 0 amide bonds. The van der Waals surface area contributed by atoms with Crippen LogP contribution in [0.5, 0.6) is 0 Å².